The molecule has 1 aliphatic rings. The average molecular weight is 207 g/mol. The Morgan fingerprint density at radius 1 is 1.60 bits per heavy atom. The van der Waals surface area contributed by atoms with Crippen LogP contribution in [0.2, 0.25) is 0 Å². The maximum absolute atomic E-state index is 10.9. The number of nitrogen functional groups attached to an aromatic ring is 1. The molecule has 4 nitrogen and oxygen atoms in total. The number of hydrogen-bond acceptors (Lipinski definition) is 4. The van der Waals surface area contributed by atoms with Crippen LogP contribution in [0.15, 0.2) is 18.2 Å². The number of benzene rings is 1. The summed E-state index contributed by atoms with van der Waals surface area (Å²) in [5.74, 6) is 0.366. The van der Waals surface area contributed by atoms with Gasteiger partial charge in [0.05, 0.1) is 12.3 Å². The first-order valence-corrected chi connectivity index (χ1v) is 4.87. The fourth-order valence-corrected chi connectivity index (χ4v) is 1.74. The number of para-hydroxylation sites is 1. The Morgan fingerprint density at radius 3 is 3.13 bits per heavy atom. The van der Waals surface area contributed by atoms with E-state index in [0.717, 1.165) is 5.56 Å². The molecular weight excluding hydrogens is 194 g/mol. The topological polar surface area (TPSA) is 61.5 Å². The predicted molar refractivity (Wildman–Crippen MR) is 55.5 cm³/mol. The Labute approximate surface area is 88.0 Å². The third-order valence-electron chi connectivity index (χ3n) is 2.36. The van der Waals surface area contributed by atoms with E-state index in [1.807, 2.05) is 12.1 Å². The maximum Gasteiger partial charge on any atom is 0.303 e. The first-order chi connectivity index (χ1) is 7.18. The number of carbonyl (C=O) groups is 1. The second-order valence-corrected chi connectivity index (χ2v) is 3.50. The molecule has 1 aliphatic heterocycles. The van der Waals surface area contributed by atoms with E-state index in [4.69, 9.17) is 15.2 Å². The smallest absolute Gasteiger partial charge is 0.303 e. The predicted octanol–water partition coefficient (Wildman–Crippen LogP) is 1.66. The fraction of sp³-hybridized carbons (Fsp3) is 0.364. The Kier molecular flexibility index (Phi) is 2.49. The molecule has 0 saturated carbocycles. The van der Waals surface area contributed by atoms with Crippen molar-refractivity contribution in [3.8, 4) is 5.75 Å². The van der Waals surface area contributed by atoms with Crippen LogP contribution >= 0.6 is 0 Å². The van der Waals surface area contributed by atoms with E-state index < -0.39 is 0 Å². The third kappa shape index (κ3) is 1.88. The molecule has 0 spiro atoms. The number of nitrogens with two attached hydrogens (primary N) is 1. The van der Waals surface area contributed by atoms with Gasteiger partial charge in [-0.15, -0.1) is 0 Å². The summed E-state index contributed by atoms with van der Waals surface area (Å²) in [6.45, 7) is 1.93. The van der Waals surface area contributed by atoms with Crippen molar-refractivity contribution < 1.29 is 14.3 Å². The van der Waals surface area contributed by atoms with Gasteiger partial charge in [0.2, 0.25) is 0 Å². The second kappa shape index (κ2) is 3.81. The molecule has 1 atom stereocenters. The van der Waals surface area contributed by atoms with Crippen LogP contribution in [0.5, 0.6) is 5.75 Å². The van der Waals surface area contributed by atoms with Gasteiger partial charge in [0, 0.05) is 18.9 Å². The summed E-state index contributed by atoms with van der Waals surface area (Å²) < 4.78 is 10.6. The number of esters is 1. The largest absolute Gasteiger partial charge is 0.491 e. The summed E-state index contributed by atoms with van der Waals surface area (Å²) in [5.41, 5.74) is 7.21. The standard InChI is InChI=1S/C11H13NO3/c1-7(13)15-10-5-6-14-11-8(10)3-2-4-9(11)12/h2-4,10H,5-6,12H2,1H3. The van der Waals surface area contributed by atoms with Crippen LogP contribution in [-0.4, -0.2) is 12.6 Å². The monoisotopic (exact) mass is 207 g/mol. The molecular formula is C11H13NO3. The van der Waals surface area contributed by atoms with Gasteiger partial charge < -0.3 is 15.2 Å². The number of ether oxygens (including phenoxy) is 2. The highest BCUT2D eigenvalue weighted by Gasteiger charge is 2.24. The van der Waals surface area contributed by atoms with Crippen molar-refractivity contribution in [2.75, 3.05) is 12.3 Å². The van der Waals surface area contributed by atoms with E-state index in [0.29, 0.717) is 24.5 Å². The molecule has 1 unspecified atom stereocenters. The number of fused-ring (bicyclic) bond motifs is 1. The maximum atomic E-state index is 10.9. The summed E-state index contributed by atoms with van der Waals surface area (Å²) in [5, 5.41) is 0. The molecule has 80 valence electrons. The van der Waals surface area contributed by atoms with Gasteiger partial charge in [0.25, 0.3) is 0 Å². The SMILES string of the molecule is CC(=O)OC1CCOc2c(N)cccc21. The van der Waals surface area contributed by atoms with Crippen LogP contribution in [0.1, 0.15) is 25.0 Å². The minimum Gasteiger partial charge on any atom is -0.491 e. The minimum atomic E-state index is -0.282. The van der Waals surface area contributed by atoms with Gasteiger partial charge in [0.15, 0.2) is 0 Å². The Bertz CT molecular complexity index is 389. The van der Waals surface area contributed by atoms with E-state index >= 15 is 0 Å². The Hall–Kier alpha value is -1.71. The number of carbonyl (C=O) groups excluding carboxylic acids is 1. The lowest BCUT2D eigenvalue weighted by Crippen LogP contribution is -2.19. The van der Waals surface area contributed by atoms with Crippen molar-refractivity contribution in [3.63, 3.8) is 0 Å². The van der Waals surface area contributed by atoms with Crippen molar-refractivity contribution in [3.05, 3.63) is 23.8 Å². The van der Waals surface area contributed by atoms with Gasteiger partial charge in [-0.2, -0.15) is 0 Å². The molecule has 2 rings (SSSR count). The number of hydrogen-bond donors (Lipinski definition) is 1. The van der Waals surface area contributed by atoms with Gasteiger partial charge in [0.1, 0.15) is 11.9 Å². The van der Waals surface area contributed by atoms with E-state index in [-0.39, 0.29) is 12.1 Å². The Balaban J connectivity index is 2.34. The molecule has 0 aromatic heterocycles. The summed E-state index contributed by atoms with van der Waals surface area (Å²) in [6.07, 6.45) is 0.450. The van der Waals surface area contributed by atoms with Gasteiger partial charge in [-0.25, -0.2) is 0 Å². The molecule has 0 fully saturated rings. The average Bonchev–Trinajstić information content (AvgIpc) is 2.19. The normalized spacial score (nSPS) is 18.9. The number of anilines is 1. The summed E-state index contributed by atoms with van der Waals surface area (Å²) in [7, 11) is 0. The number of rotatable bonds is 1. The molecule has 1 aromatic rings. The zero-order chi connectivity index (χ0) is 10.8. The highest BCUT2D eigenvalue weighted by molar-refractivity contribution is 5.67. The van der Waals surface area contributed by atoms with E-state index in [2.05, 4.69) is 0 Å². The molecule has 0 radical (unpaired) electrons. The van der Waals surface area contributed by atoms with Crippen molar-refractivity contribution in [2.45, 2.75) is 19.4 Å². The molecule has 4 heteroatoms. The van der Waals surface area contributed by atoms with Crippen molar-refractivity contribution in [1.29, 1.82) is 0 Å². The van der Waals surface area contributed by atoms with Gasteiger partial charge in [-0.3, -0.25) is 4.79 Å². The molecule has 0 amide bonds. The van der Waals surface area contributed by atoms with E-state index in [9.17, 15) is 4.79 Å². The van der Waals surface area contributed by atoms with E-state index in [1.165, 1.54) is 6.92 Å². The first-order valence-electron chi connectivity index (χ1n) is 4.87. The van der Waals surface area contributed by atoms with Crippen molar-refractivity contribution in [1.82, 2.24) is 0 Å². The molecule has 2 N–H and O–H groups in total. The Morgan fingerprint density at radius 2 is 2.40 bits per heavy atom. The van der Waals surface area contributed by atoms with Crippen molar-refractivity contribution in [2.24, 2.45) is 0 Å². The zero-order valence-electron chi connectivity index (χ0n) is 8.53. The zero-order valence-corrected chi connectivity index (χ0v) is 8.53. The van der Waals surface area contributed by atoms with Crippen LogP contribution in [0.3, 0.4) is 0 Å². The fourth-order valence-electron chi connectivity index (χ4n) is 1.74. The van der Waals surface area contributed by atoms with Crippen molar-refractivity contribution >= 4 is 11.7 Å². The van der Waals surface area contributed by atoms with Crippen LogP contribution in [0, 0.1) is 0 Å². The minimum absolute atomic E-state index is 0.227. The molecule has 0 aliphatic carbocycles. The molecule has 1 aromatic carbocycles. The second-order valence-electron chi connectivity index (χ2n) is 3.50. The lowest BCUT2D eigenvalue weighted by atomic mass is 10.0. The molecule has 15 heavy (non-hydrogen) atoms. The van der Waals surface area contributed by atoms with Gasteiger partial charge in [-0.1, -0.05) is 12.1 Å². The lowest BCUT2D eigenvalue weighted by Gasteiger charge is -2.26. The van der Waals surface area contributed by atoms with Crippen LogP contribution in [0.25, 0.3) is 0 Å². The highest BCUT2D eigenvalue weighted by Crippen LogP contribution is 2.38. The lowest BCUT2D eigenvalue weighted by molar-refractivity contribution is -0.147. The van der Waals surface area contributed by atoms with Gasteiger partial charge in [-0.05, 0) is 6.07 Å². The summed E-state index contributed by atoms with van der Waals surface area (Å²) in [4.78, 5) is 10.9. The van der Waals surface area contributed by atoms with Crippen LogP contribution < -0.4 is 10.5 Å². The first kappa shape index (κ1) is 9.83. The highest BCUT2D eigenvalue weighted by atomic mass is 16.5. The van der Waals surface area contributed by atoms with Crippen LogP contribution in [-0.2, 0) is 9.53 Å². The molecule has 1 heterocycles. The quantitative estimate of drug-likeness (QED) is 0.562. The van der Waals surface area contributed by atoms with E-state index in [1.54, 1.807) is 6.07 Å². The molecule has 0 bridgehead atoms. The summed E-state index contributed by atoms with van der Waals surface area (Å²) in [6, 6.07) is 5.48. The third-order valence-corrected chi connectivity index (χ3v) is 2.36. The van der Waals surface area contributed by atoms with Crippen LogP contribution in [0.4, 0.5) is 5.69 Å². The molecule has 0 saturated heterocycles. The summed E-state index contributed by atoms with van der Waals surface area (Å²) >= 11 is 0. The van der Waals surface area contributed by atoms with Gasteiger partial charge >= 0.3 is 5.97 Å².